The lowest BCUT2D eigenvalue weighted by Crippen LogP contribution is -2.32. The fourth-order valence-electron chi connectivity index (χ4n) is 2.68. The molecule has 3 rings (SSSR count). The van der Waals surface area contributed by atoms with Crippen molar-refractivity contribution >= 4 is 34.0 Å². The summed E-state index contributed by atoms with van der Waals surface area (Å²) in [4.78, 5) is 12.6. The Labute approximate surface area is 152 Å². The van der Waals surface area contributed by atoms with Gasteiger partial charge in [-0.25, -0.2) is 0 Å². The molecular formula is C21H20ClNO2. The number of hydrogen-bond acceptors (Lipinski definition) is 2. The fourth-order valence-corrected chi connectivity index (χ4v) is 2.86. The molecule has 4 heteroatoms. The molecule has 3 aromatic carbocycles. The standard InChI is InChI=1S/C21H20ClNO2/c1-3-20(21(24)23-19-10-6-9-18(22)14(19)2)25-17-12-11-15-7-4-5-8-16(15)13-17/h4-13,20H,3H2,1-2H3,(H,23,24)/t20-/m0/s1. The molecule has 0 fully saturated rings. The molecule has 0 unspecified atom stereocenters. The summed E-state index contributed by atoms with van der Waals surface area (Å²) in [5.74, 6) is 0.504. The van der Waals surface area contributed by atoms with Crippen molar-refractivity contribution in [3.8, 4) is 5.75 Å². The van der Waals surface area contributed by atoms with Gasteiger partial charge in [0.15, 0.2) is 6.10 Å². The molecule has 0 aliphatic heterocycles. The number of benzene rings is 3. The van der Waals surface area contributed by atoms with Crippen LogP contribution in [0.15, 0.2) is 60.7 Å². The monoisotopic (exact) mass is 353 g/mol. The number of hydrogen-bond donors (Lipinski definition) is 1. The maximum Gasteiger partial charge on any atom is 0.265 e. The maximum absolute atomic E-state index is 12.6. The van der Waals surface area contributed by atoms with Gasteiger partial charge in [0.05, 0.1) is 0 Å². The van der Waals surface area contributed by atoms with Crippen LogP contribution in [0.4, 0.5) is 5.69 Å². The largest absolute Gasteiger partial charge is 0.481 e. The van der Waals surface area contributed by atoms with Crippen molar-refractivity contribution in [3.63, 3.8) is 0 Å². The summed E-state index contributed by atoms with van der Waals surface area (Å²) in [6, 6.07) is 19.3. The third-order valence-electron chi connectivity index (χ3n) is 4.19. The third kappa shape index (κ3) is 3.94. The van der Waals surface area contributed by atoms with Gasteiger partial charge in [0.2, 0.25) is 0 Å². The second kappa shape index (κ2) is 7.58. The molecule has 1 amide bonds. The summed E-state index contributed by atoms with van der Waals surface area (Å²) in [6.45, 7) is 3.80. The van der Waals surface area contributed by atoms with Crippen LogP contribution >= 0.6 is 11.6 Å². The van der Waals surface area contributed by atoms with Crippen molar-refractivity contribution in [1.82, 2.24) is 0 Å². The Kier molecular flexibility index (Phi) is 5.25. The van der Waals surface area contributed by atoms with E-state index in [1.165, 1.54) is 0 Å². The van der Waals surface area contributed by atoms with Gasteiger partial charge in [0, 0.05) is 10.7 Å². The van der Waals surface area contributed by atoms with E-state index in [1.807, 2.05) is 68.4 Å². The van der Waals surface area contributed by atoms with Crippen LogP contribution in [-0.4, -0.2) is 12.0 Å². The van der Waals surface area contributed by atoms with Crippen molar-refractivity contribution in [2.45, 2.75) is 26.4 Å². The van der Waals surface area contributed by atoms with Crippen LogP contribution in [-0.2, 0) is 4.79 Å². The van der Waals surface area contributed by atoms with E-state index < -0.39 is 6.10 Å². The number of carbonyl (C=O) groups is 1. The lowest BCUT2D eigenvalue weighted by Gasteiger charge is -2.18. The number of rotatable bonds is 5. The summed E-state index contributed by atoms with van der Waals surface area (Å²) < 4.78 is 5.93. The van der Waals surface area contributed by atoms with Gasteiger partial charge in [0.1, 0.15) is 5.75 Å². The highest BCUT2D eigenvalue weighted by Crippen LogP contribution is 2.25. The van der Waals surface area contributed by atoms with Crippen LogP contribution in [0.5, 0.6) is 5.75 Å². The average Bonchev–Trinajstić information content (AvgIpc) is 2.63. The predicted molar refractivity (Wildman–Crippen MR) is 103 cm³/mol. The van der Waals surface area contributed by atoms with Crippen LogP contribution < -0.4 is 10.1 Å². The van der Waals surface area contributed by atoms with E-state index >= 15 is 0 Å². The molecule has 0 bridgehead atoms. The Morgan fingerprint density at radius 2 is 1.84 bits per heavy atom. The molecule has 0 saturated heterocycles. The van der Waals surface area contributed by atoms with E-state index in [4.69, 9.17) is 16.3 Å². The Morgan fingerprint density at radius 1 is 1.08 bits per heavy atom. The molecule has 0 heterocycles. The van der Waals surface area contributed by atoms with Gasteiger partial charge < -0.3 is 10.1 Å². The number of nitrogens with one attached hydrogen (secondary N) is 1. The van der Waals surface area contributed by atoms with Crippen LogP contribution in [0, 0.1) is 6.92 Å². The first-order valence-corrected chi connectivity index (χ1v) is 8.67. The van der Waals surface area contributed by atoms with Crippen molar-refractivity contribution in [1.29, 1.82) is 0 Å². The number of anilines is 1. The van der Waals surface area contributed by atoms with E-state index in [0.29, 0.717) is 22.9 Å². The minimum Gasteiger partial charge on any atom is -0.481 e. The first kappa shape index (κ1) is 17.3. The third-order valence-corrected chi connectivity index (χ3v) is 4.60. The lowest BCUT2D eigenvalue weighted by molar-refractivity contribution is -0.122. The Hall–Kier alpha value is -2.52. The molecule has 0 aliphatic carbocycles. The van der Waals surface area contributed by atoms with E-state index in [9.17, 15) is 4.79 Å². The molecule has 0 aromatic heterocycles. The van der Waals surface area contributed by atoms with Gasteiger partial charge in [-0.05, 0) is 53.9 Å². The minimum atomic E-state index is -0.570. The topological polar surface area (TPSA) is 38.3 Å². The highest BCUT2D eigenvalue weighted by molar-refractivity contribution is 6.31. The average molecular weight is 354 g/mol. The van der Waals surface area contributed by atoms with Crippen LogP contribution in [0.1, 0.15) is 18.9 Å². The van der Waals surface area contributed by atoms with Gasteiger partial charge in [-0.2, -0.15) is 0 Å². The number of halogens is 1. The van der Waals surface area contributed by atoms with Gasteiger partial charge in [-0.15, -0.1) is 0 Å². The Balaban J connectivity index is 1.76. The van der Waals surface area contributed by atoms with Gasteiger partial charge >= 0.3 is 0 Å². The minimum absolute atomic E-state index is 0.180. The predicted octanol–water partition coefficient (Wildman–Crippen LogP) is 5.60. The van der Waals surface area contributed by atoms with Crippen molar-refractivity contribution in [2.24, 2.45) is 0 Å². The normalized spacial score (nSPS) is 12.0. The zero-order chi connectivity index (χ0) is 17.8. The number of fused-ring (bicyclic) bond motifs is 1. The molecule has 0 spiro atoms. The molecular weight excluding hydrogens is 334 g/mol. The zero-order valence-corrected chi connectivity index (χ0v) is 15.0. The summed E-state index contributed by atoms with van der Waals surface area (Å²) in [5, 5.41) is 5.76. The lowest BCUT2D eigenvalue weighted by atomic mass is 10.1. The molecule has 3 aromatic rings. The second-order valence-corrected chi connectivity index (χ2v) is 6.33. The molecule has 0 saturated carbocycles. The van der Waals surface area contributed by atoms with E-state index in [-0.39, 0.29) is 5.91 Å². The fraction of sp³-hybridized carbons (Fsp3) is 0.190. The number of amides is 1. The molecule has 1 N–H and O–H groups in total. The summed E-state index contributed by atoms with van der Waals surface area (Å²) in [7, 11) is 0. The zero-order valence-electron chi connectivity index (χ0n) is 14.3. The quantitative estimate of drug-likeness (QED) is 0.648. The van der Waals surface area contributed by atoms with Gasteiger partial charge in [0.25, 0.3) is 5.91 Å². The molecule has 25 heavy (non-hydrogen) atoms. The second-order valence-electron chi connectivity index (χ2n) is 5.93. The molecule has 0 radical (unpaired) electrons. The summed E-state index contributed by atoms with van der Waals surface area (Å²) in [6.07, 6.45) is -0.00214. The Bertz CT molecular complexity index is 907. The SMILES string of the molecule is CC[C@H](Oc1ccc2ccccc2c1)C(=O)Nc1cccc(Cl)c1C. The highest BCUT2D eigenvalue weighted by atomic mass is 35.5. The van der Waals surface area contributed by atoms with E-state index in [1.54, 1.807) is 6.07 Å². The Morgan fingerprint density at radius 3 is 2.60 bits per heavy atom. The van der Waals surface area contributed by atoms with Crippen molar-refractivity contribution in [2.75, 3.05) is 5.32 Å². The first-order chi connectivity index (χ1) is 12.1. The number of ether oxygens (including phenoxy) is 1. The van der Waals surface area contributed by atoms with E-state index in [2.05, 4.69) is 5.32 Å². The van der Waals surface area contributed by atoms with Crippen molar-refractivity contribution < 1.29 is 9.53 Å². The molecule has 3 nitrogen and oxygen atoms in total. The van der Waals surface area contributed by atoms with Crippen molar-refractivity contribution in [3.05, 3.63) is 71.2 Å². The van der Waals surface area contributed by atoms with Crippen LogP contribution in [0.2, 0.25) is 5.02 Å². The summed E-state index contributed by atoms with van der Waals surface area (Å²) in [5.41, 5.74) is 1.55. The maximum atomic E-state index is 12.6. The van der Waals surface area contributed by atoms with Gasteiger partial charge in [-0.3, -0.25) is 4.79 Å². The summed E-state index contributed by atoms with van der Waals surface area (Å²) >= 11 is 6.11. The highest BCUT2D eigenvalue weighted by Gasteiger charge is 2.19. The molecule has 1 atom stereocenters. The van der Waals surface area contributed by atoms with Crippen LogP contribution in [0.3, 0.4) is 0 Å². The molecule has 128 valence electrons. The van der Waals surface area contributed by atoms with E-state index in [0.717, 1.165) is 16.3 Å². The number of carbonyl (C=O) groups excluding carboxylic acids is 1. The van der Waals surface area contributed by atoms with Gasteiger partial charge in [-0.1, -0.05) is 54.9 Å². The first-order valence-electron chi connectivity index (χ1n) is 8.30. The molecule has 0 aliphatic rings. The van der Waals surface area contributed by atoms with Crippen LogP contribution in [0.25, 0.3) is 10.8 Å². The smallest absolute Gasteiger partial charge is 0.265 e.